The van der Waals surface area contributed by atoms with E-state index in [1.54, 1.807) is 19.2 Å². The maximum atomic E-state index is 11.4. The molecule has 1 saturated carbocycles. The average molecular weight is 385 g/mol. The van der Waals surface area contributed by atoms with Gasteiger partial charge in [-0.05, 0) is 49.6 Å². The van der Waals surface area contributed by atoms with E-state index in [9.17, 15) is 8.42 Å². The van der Waals surface area contributed by atoms with Crippen molar-refractivity contribution >= 4 is 32.3 Å². The van der Waals surface area contributed by atoms with Gasteiger partial charge in [0.15, 0.2) is 0 Å². The van der Waals surface area contributed by atoms with E-state index in [1.807, 2.05) is 24.3 Å². The molecule has 27 heavy (non-hydrogen) atoms. The molecule has 142 valence electrons. The van der Waals surface area contributed by atoms with Gasteiger partial charge in [-0.15, -0.1) is 0 Å². The molecule has 0 atom stereocenters. The summed E-state index contributed by atoms with van der Waals surface area (Å²) in [7, 11) is -1.65. The highest BCUT2D eigenvalue weighted by Crippen LogP contribution is 2.44. The zero-order valence-corrected chi connectivity index (χ0v) is 16.2. The van der Waals surface area contributed by atoms with Gasteiger partial charge >= 0.3 is 0 Å². The van der Waals surface area contributed by atoms with Crippen LogP contribution in [0, 0.1) is 0 Å². The van der Waals surface area contributed by atoms with Crippen LogP contribution in [0.2, 0.25) is 0 Å². The number of nitrogens with two attached hydrogens (primary N) is 1. The van der Waals surface area contributed by atoms with Crippen LogP contribution in [0.25, 0.3) is 22.2 Å². The second kappa shape index (κ2) is 6.49. The standard InChI is InChI=1S/C20H23N3O3S/c1-26-16-10-11-18-17(12-16)19(21)20(23(18)15-4-3-5-15)13-6-8-14(9-7-13)22-27(2,24)25/h6-12,15,22H,3-5,21H2,1-2H3. The molecule has 0 amide bonds. The zero-order valence-electron chi connectivity index (χ0n) is 15.4. The highest BCUT2D eigenvalue weighted by molar-refractivity contribution is 7.92. The summed E-state index contributed by atoms with van der Waals surface area (Å²) in [6.07, 6.45) is 4.63. The van der Waals surface area contributed by atoms with E-state index in [2.05, 4.69) is 15.4 Å². The van der Waals surface area contributed by atoms with E-state index in [-0.39, 0.29) is 0 Å². The Kier molecular flexibility index (Phi) is 4.26. The van der Waals surface area contributed by atoms with Crippen LogP contribution in [0.1, 0.15) is 25.3 Å². The lowest BCUT2D eigenvalue weighted by atomic mass is 9.92. The predicted molar refractivity (Wildman–Crippen MR) is 110 cm³/mol. The van der Waals surface area contributed by atoms with Gasteiger partial charge in [-0.3, -0.25) is 4.72 Å². The van der Waals surface area contributed by atoms with Gasteiger partial charge in [-0.2, -0.15) is 0 Å². The quantitative estimate of drug-likeness (QED) is 0.695. The van der Waals surface area contributed by atoms with E-state index < -0.39 is 10.0 Å². The van der Waals surface area contributed by atoms with Gasteiger partial charge in [0.25, 0.3) is 0 Å². The topological polar surface area (TPSA) is 86.3 Å². The normalized spacial score (nSPS) is 14.9. The summed E-state index contributed by atoms with van der Waals surface area (Å²) >= 11 is 0. The van der Waals surface area contributed by atoms with Crippen molar-refractivity contribution in [3.63, 3.8) is 0 Å². The Morgan fingerprint density at radius 2 is 1.85 bits per heavy atom. The van der Waals surface area contributed by atoms with E-state index in [1.165, 1.54) is 6.42 Å². The number of rotatable bonds is 5. The molecular formula is C20H23N3O3S. The van der Waals surface area contributed by atoms with Crippen molar-refractivity contribution in [1.82, 2.24) is 4.57 Å². The molecular weight excluding hydrogens is 362 g/mol. The number of sulfonamides is 1. The molecule has 4 rings (SSSR count). The molecule has 1 heterocycles. The number of fused-ring (bicyclic) bond motifs is 1. The maximum Gasteiger partial charge on any atom is 0.229 e. The number of anilines is 2. The summed E-state index contributed by atoms with van der Waals surface area (Å²) in [5.74, 6) is 0.777. The third-order valence-electron chi connectivity index (χ3n) is 5.15. The molecule has 0 unspecified atom stereocenters. The number of hydrogen-bond acceptors (Lipinski definition) is 4. The second-order valence-electron chi connectivity index (χ2n) is 7.05. The van der Waals surface area contributed by atoms with Crippen molar-refractivity contribution in [2.24, 2.45) is 0 Å². The highest BCUT2D eigenvalue weighted by Gasteiger charge is 2.27. The number of ether oxygens (including phenoxy) is 1. The number of nitrogens with zero attached hydrogens (tertiary/aromatic N) is 1. The molecule has 1 aromatic heterocycles. The predicted octanol–water partition coefficient (Wildman–Crippen LogP) is 4.00. The molecule has 3 aromatic rings. The summed E-state index contributed by atoms with van der Waals surface area (Å²) in [5.41, 5.74) is 10.9. The van der Waals surface area contributed by atoms with Crippen molar-refractivity contribution in [2.75, 3.05) is 23.8 Å². The molecule has 1 fully saturated rings. The van der Waals surface area contributed by atoms with Crippen LogP contribution in [-0.4, -0.2) is 26.4 Å². The number of hydrogen-bond donors (Lipinski definition) is 2. The van der Waals surface area contributed by atoms with Gasteiger partial charge in [0.05, 0.1) is 30.3 Å². The molecule has 0 bridgehead atoms. The first kappa shape index (κ1) is 17.7. The Balaban J connectivity index is 1.86. The molecule has 1 aliphatic carbocycles. The summed E-state index contributed by atoms with van der Waals surface area (Å²) in [6, 6.07) is 13.8. The molecule has 2 aromatic carbocycles. The summed E-state index contributed by atoms with van der Waals surface area (Å²) < 4.78 is 33.0. The number of methoxy groups -OCH3 is 1. The summed E-state index contributed by atoms with van der Waals surface area (Å²) in [4.78, 5) is 0. The van der Waals surface area contributed by atoms with Gasteiger partial charge in [0.1, 0.15) is 5.75 Å². The number of benzene rings is 2. The van der Waals surface area contributed by atoms with Crippen LogP contribution in [-0.2, 0) is 10.0 Å². The van der Waals surface area contributed by atoms with E-state index in [0.717, 1.165) is 52.7 Å². The Labute approximate surface area is 159 Å². The third-order valence-corrected chi connectivity index (χ3v) is 5.76. The van der Waals surface area contributed by atoms with Gasteiger partial charge < -0.3 is 15.0 Å². The van der Waals surface area contributed by atoms with Gasteiger partial charge in [0, 0.05) is 22.7 Å². The van der Waals surface area contributed by atoms with Gasteiger partial charge in [-0.1, -0.05) is 12.1 Å². The molecule has 0 saturated heterocycles. The molecule has 3 N–H and O–H groups in total. The lowest BCUT2D eigenvalue weighted by Gasteiger charge is -2.30. The van der Waals surface area contributed by atoms with Crippen molar-refractivity contribution in [3.8, 4) is 17.0 Å². The van der Waals surface area contributed by atoms with Crippen LogP contribution in [0.15, 0.2) is 42.5 Å². The fraction of sp³-hybridized carbons (Fsp3) is 0.300. The Bertz CT molecular complexity index is 1100. The number of nitrogen functional groups attached to an aromatic ring is 1. The fourth-order valence-electron chi connectivity index (χ4n) is 3.67. The first-order chi connectivity index (χ1) is 12.9. The monoisotopic (exact) mass is 385 g/mol. The maximum absolute atomic E-state index is 11.4. The van der Waals surface area contributed by atoms with Crippen molar-refractivity contribution in [2.45, 2.75) is 25.3 Å². The van der Waals surface area contributed by atoms with E-state index >= 15 is 0 Å². The average Bonchev–Trinajstić information content (AvgIpc) is 2.85. The minimum absolute atomic E-state index is 0.432. The minimum Gasteiger partial charge on any atom is -0.497 e. The van der Waals surface area contributed by atoms with Crippen LogP contribution in [0.4, 0.5) is 11.4 Å². The molecule has 0 spiro atoms. The van der Waals surface area contributed by atoms with E-state index in [0.29, 0.717) is 11.7 Å². The molecule has 0 radical (unpaired) electrons. The Hall–Kier alpha value is -2.67. The number of nitrogens with one attached hydrogen (secondary N) is 1. The smallest absolute Gasteiger partial charge is 0.229 e. The summed E-state index contributed by atoms with van der Waals surface area (Å²) in [5, 5.41) is 0.981. The molecule has 1 aliphatic rings. The van der Waals surface area contributed by atoms with Crippen LogP contribution in [0.5, 0.6) is 5.75 Å². The molecule has 7 heteroatoms. The lowest BCUT2D eigenvalue weighted by molar-refractivity contribution is 0.324. The fourth-order valence-corrected chi connectivity index (χ4v) is 4.24. The van der Waals surface area contributed by atoms with Crippen LogP contribution < -0.4 is 15.2 Å². The second-order valence-corrected chi connectivity index (χ2v) is 8.80. The largest absolute Gasteiger partial charge is 0.497 e. The van der Waals surface area contributed by atoms with Crippen LogP contribution >= 0.6 is 0 Å². The van der Waals surface area contributed by atoms with Gasteiger partial charge in [0.2, 0.25) is 10.0 Å². The number of aromatic nitrogens is 1. The third kappa shape index (κ3) is 3.23. The highest BCUT2D eigenvalue weighted by atomic mass is 32.2. The van der Waals surface area contributed by atoms with Crippen molar-refractivity contribution < 1.29 is 13.2 Å². The van der Waals surface area contributed by atoms with Gasteiger partial charge in [-0.25, -0.2) is 8.42 Å². The molecule has 0 aliphatic heterocycles. The van der Waals surface area contributed by atoms with E-state index in [4.69, 9.17) is 10.5 Å². The lowest BCUT2D eigenvalue weighted by Crippen LogP contribution is -2.17. The summed E-state index contributed by atoms with van der Waals surface area (Å²) in [6.45, 7) is 0. The first-order valence-corrected chi connectivity index (χ1v) is 10.8. The zero-order chi connectivity index (χ0) is 19.2. The Morgan fingerprint density at radius 1 is 1.15 bits per heavy atom. The van der Waals surface area contributed by atoms with Crippen molar-refractivity contribution in [1.29, 1.82) is 0 Å². The van der Waals surface area contributed by atoms with Crippen molar-refractivity contribution in [3.05, 3.63) is 42.5 Å². The molecule has 6 nitrogen and oxygen atoms in total. The first-order valence-electron chi connectivity index (χ1n) is 8.93. The van der Waals surface area contributed by atoms with Crippen LogP contribution in [0.3, 0.4) is 0 Å². The SMILES string of the molecule is COc1ccc2c(c1)c(N)c(-c1ccc(NS(C)(=O)=O)cc1)n2C1CCC1. The minimum atomic E-state index is -3.30. The Morgan fingerprint density at radius 3 is 2.41 bits per heavy atom.